The molecule has 0 aliphatic carbocycles. The van der Waals surface area contributed by atoms with E-state index in [2.05, 4.69) is 46.8 Å². The van der Waals surface area contributed by atoms with Gasteiger partial charge in [-0.05, 0) is 37.6 Å². The average molecular weight is 591 g/mol. The number of alkyl halides is 1. The first-order valence-corrected chi connectivity index (χ1v) is 13.2. The average Bonchev–Trinajstić information content (AvgIpc) is 2.94. The number of rotatable bonds is 9. The van der Waals surface area contributed by atoms with E-state index in [4.69, 9.17) is 9.47 Å². The number of hydrogen-bond acceptors (Lipinski definition) is 6. The number of unbranched alkanes of at least 4 members (excludes halogenated alkanes) is 1. The van der Waals surface area contributed by atoms with Crippen LogP contribution in [-0.2, 0) is 25.7 Å². The number of fused-ring (bicyclic) bond motifs is 1. The maximum Gasteiger partial charge on any atom is 0.325 e. The molecule has 38 heavy (non-hydrogen) atoms. The minimum Gasteiger partial charge on any atom is -0.486 e. The predicted octanol–water partition coefficient (Wildman–Crippen LogP) is 6.70. The first-order valence-electron chi connectivity index (χ1n) is 12.4. The third-order valence-corrected chi connectivity index (χ3v) is 5.58. The third-order valence-electron chi connectivity index (χ3n) is 5.09. The first kappa shape index (κ1) is 32.6. The summed E-state index contributed by atoms with van der Waals surface area (Å²) in [6.07, 6.45) is 4.20. The molecule has 0 atom stereocenters. The van der Waals surface area contributed by atoms with Gasteiger partial charge in [0.25, 0.3) is 5.91 Å². The van der Waals surface area contributed by atoms with Gasteiger partial charge in [0.2, 0.25) is 0 Å². The van der Waals surface area contributed by atoms with Gasteiger partial charge in [-0.15, -0.1) is 0 Å². The highest BCUT2D eigenvalue weighted by Gasteiger charge is 2.34. The van der Waals surface area contributed by atoms with Crippen molar-refractivity contribution >= 4 is 45.5 Å². The van der Waals surface area contributed by atoms with Gasteiger partial charge in [-0.1, -0.05) is 79.5 Å². The zero-order valence-electron chi connectivity index (χ0n) is 22.7. The van der Waals surface area contributed by atoms with Gasteiger partial charge in [-0.2, -0.15) is 5.10 Å². The van der Waals surface area contributed by atoms with E-state index >= 15 is 0 Å². The summed E-state index contributed by atoms with van der Waals surface area (Å²) in [4.78, 5) is 25.0. The predicted molar refractivity (Wildman–Crippen MR) is 155 cm³/mol. The Morgan fingerprint density at radius 2 is 1.74 bits per heavy atom. The smallest absolute Gasteiger partial charge is 0.325 e. The molecule has 1 amide bonds. The van der Waals surface area contributed by atoms with Crippen molar-refractivity contribution in [2.24, 2.45) is 5.10 Å². The number of hydrazone groups is 1. The lowest BCUT2D eigenvalue weighted by Crippen LogP contribution is -2.38. The van der Waals surface area contributed by atoms with Crippen molar-refractivity contribution < 1.29 is 23.5 Å². The van der Waals surface area contributed by atoms with E-state index in [1.807, 2.05) is 48.5 Å². The summed E-state index contributed by atoms with van der Waals surface area (Å²) in [5.74, 6) is -0.713. The molecule has 1 heterocycles. The van der Waals surface area contributed by atoms with Gasteiger partial charge < -0.3 is 14.8 Å². The Balaban J connectivity index is 0.00000110. The molecule has 1 aliphatic heterocycles. The van der Waals surface area contributed by atoms with Gasteiger partial charge in [-0.25, -0.2) is 5.01 Å². The van der Waals surface area contributed by atoms with Crippen molar-refractivity contribution in [2.75, 3.05) is 20.3 Å². The van der Waals surface area contributed by atoms with Crippen LogP contribution in [0.15, 0.2) is 70.4 Å². The van der Waals surface area contributed by atoms with E-state index in [1.54, 1.807) is 20.1 Å². The van der Waals surface area contributed by atoms with Gasteiger partial charge in [0.15, 0.2) is 11.5 Å². The molecular formula is C29H37BrFN3O4. The van der Waals surface area contributed by atoms with E-state index in [0.29, 0.717) is 24.2 Å². The fourth-order valence-corrected chi connectivity index (χ4v) is 3.55. The lowest BCUT2D eigenvalue weighted by molar-refractivity contribution is -0.143. The highest BCUT2D eigenvalue weighted by Crippen LogP contribution is 2.40. The van der Waals surface area contributed by atoms with E-state index in [1.165, 1.54) is 17.9 Å². The number of carbonyl (C=O) groups excluding carboxylic acids is 2. The Morgan fingerprint density at radius 1 is 1.08 bits per heavy atom. The molecule has 3 rings (SSSR count). The second kappa shape index (κ2) is 17.9. The summed E-state index contributed by atoms with van der Waals surface area (Å²) in [7, 11) is 0.500. The molecule has 0 saturated carbocycles. The molecule has 0 bridgehead atoms. The van der Waals surface area contributed by atoms with Crippen molar-refractivity contribution in [3.05, 3.63) is 82.0 Å². The molecule has 0 radical (unpaired) electrons. The van der Waals surface area contributed by atoms with Gasteiger partial charge in [0.1, 0.15) is 13.2 Å². The van der Waals surface area contributed by atoms with Crippen LogP contribution in [0.4, 0.5) is 4.39 Å². The van der Waals surface area contributed by atoms with Crippen LogP contribution in [0.1, 0.15) is 57.2 Å². The maximum atomic E-state index is 13.2. The zero-order chi connectivity index (χ0) is 28.5. The van der Waals surface area contributed by atoms with Gasteiger partial charge in [0, 0.05) is 21.8 Å². The summed E-state index contributed by atoms with van der Waals surface area (Å²) in [6, 6.07) is 15.3. The highest BCUT2D eigenvalue weighted by molar-refractivity contribution is 9.10. The summed E-state index contributed by atoms with van der Waals surface area (Å²) in [5.41, 5.74) is 3.07. The van der Waals surface area contributed by atoms with Crippen LogP contribution in [0.3, 0.4) is 0 Å². The van der Waals surface area contributed by atoms with E-state index in [0.717, 1.165) is 15.6 Å². The summed E-state index contributed by atoms with van der Waals surface area (Å²) in [5, 5.41) is 8.37. The Labute approximate surface area is 233 Å². The number of nitrogens with one attached hydrogen (secondary N) is 1. The summed E-state index contributed by atoms with van der Waals surface area (Å²) < 4.78 is 21.4. The van der Waals surface area contributed by atoms with Crippen molar-refractivity contribution in [1.29, 1.82) is 0 Å². The van der Waals surface area contributed by atoms with Gasteiger partial charge in [0.05, 0.1) is 19.5 Å². The molecule has 206 valence electrons. The van der Waals surface area contributed by atoms with Crippen molar-refractivity contribution in [2.45, 2.75) is 47.1 Å². The van der Waals surface area contributed by atoms with E-state index in [9.17, 15) is 14.0 Å². The second-order valence-electron chi connectivity index (χ2n) is 7.76. The minimum atomic E-state index is -0.530. The first-order chi connectivity index (χ1) is 18.4. The number of nitrogens with zero attached hydrogens (tertiary/aromatic N) is 2. The normalized spacial score (nSPS) is 12.1. The summed E-state index contributed by atoms with van der Waals surface area (Å²) >= 11 is 3.49. The molecule has 1 aliphatic rings. The van der Waals surface area contributed by atoms with Crippen LogP contribution < -0.4 is 5.32 Å². The minimum absolute atomic E-state index is 0.142. The number of benzene rings is 2. The van der Waals surface area contributed by atoms with E-state index < -0.39 is 11.9 Å². The lowest BCUT2D eigenvalue weighted by Gasteiger charge is -2.32. The standard InChI is InChI=1S/C24H24BrN3O4.C4H10.CH3F/c1-4-27-28-16(3)20-13-18(25)11-12-19(20)23(32-15-17-9-7-6-8-10-17)22(28)24(30)26-14-21(29)31-5-2;1-3-4-2;1-2/h4,6-13H,3,5,14-15H2,1-2H3,(H,26,30);3-4H2,1-2H3;1H3/b27-4-;;. The number of carbonyl (C=O) groups is 2. The molecule has 0 saturated heterocycles. The fourth-order valence-electron chi connectivity index (χ4n) is 3.19. The largest absolute Gasteiger partial charge is 0.486 e. The van der Waals surface area contributed by atoms with Crippen molar-refractivity contribution in [3.63, 3.8) is 0 Å². The Morgan fingerprint density at radius 3 is 2.32 bits per heavy atom. The lowest BCUT2D eigenvalue weighted by atomic mass is 9.97. The summed E-state index contributed by atoms with van der Waals surface area (Å²) in [6.45, 7) is 12.1. The highest BCUT2D eigenvalue weighted by atomic mass is 79.9. The number of hydrogen-bond donors (Lipinski definition) is 1. The fraction of sp³-hybridized carbons (Fsp3) is 0.345. The topological polar surface area (TPSA) is 80.2 Å². The monoisotopic (exact) mass is 589 g/mol. The molecule has 2 aromatic rings. The van der Waals surface area contributed by atoms with Crippen LogP contribution in [0.5, 0.6) is 0 Å². The number of amides is 1. The third kappa shape index (κ3) is 9.45. The van der Waals surface area contributed by atoms with Crippen LogP contribution in [0.25, 0.3) is 11.5 Å². The van der Waals surface area contributed by atoms with Crippen LogP contribution in [-0.4, -0.2) is 43.4 Å². The van der Waals surface area contributed by atoms with E-state index in [-0.39, 0.29) is 25.5 Å². The quantitative estimate of drug-likeness (QED) is 0.260. The molecule has 0 aromatic heterocycles. The number of halogens is 2. The zero-order valence-corrected chi connectivity index (χ0v) is 24.3. The Kier molecular flexibility index (Phi) is 15.3. The second-order valence-corrected chi connectivity index (χ2v) is 8.68. The molecule has 0 fully saturated rings. The molecule has 0 spiro atoms. The van der Waals surface area contributed by atoms with Crippen LogP contribution in [0, 0.1) is 0 Å². The molecule has 2 aromatic carbocycles. The Bertz CT molecular complexity index is 1120. The van der Waals surface area contributed by atoms with Crippen LogP contribution in [0.2, 0.25) is 0 Å². The van der Waals surface area contributed by atoms with Gasteiger partial charge in [-0.3, -0.25) is 14.0 Å². The molecule has 9 heteroatoms. The Hall–Kier alpha value is -3.46. The molecule has 1 N–H and O–H groups in total. The molecule has 0 unspecified atom stereocenters. The van der Waals surface area contributed by atoms with Crippen molar-refractivity contribution in [3.8, 4) is 0 Å². The SMILES string of the molecule is C=C1c2cc(Br)ccc2C(OCc2ccccc2)=C(C(=O)NCC(=O)OCC)N1/N=C\C.CCCC.CF. The van der Waals surface area contributed by atoms with Gasteiger partial charge >= 0.3 is 5.97 Å². The number of esters is 1. The molecule has 7 nitrogen and oxygen atoms in total. The maximum absolute atomic E-state index is 13.2. The number of ether oxygens (including phenoxy) is 2. The van der Waals surface area contributed by atoms with Crippen LogP contribution >= 0.6 is 15.9 Å². The molecular weight excluding hydrogens is 553 g/mol. The van der Waals surface area contributed by atoms with Crippen molar-refractivity contribution in [1.82, 2.24) is 10.3 Å².